The quantitative estimate of drug-likeness (QED) is 0.927. The number of aromatic nitrogens is 1. The van der Waals surface area contributed by atoms with Gasteiger partial charge >= 0.3 is 0 Å². The molecule has 1 amide bonds. The summed E-state index contributed by atoms with van der Waals surface area (Å²) in [4.78, 5) is 14.4. The largest absolute Gasteiger partial charge is 0.367 e. The lowest BCUT2D eigenvalue weighted by atomic mass is 9.90. The van der Waals surface area contributed by atoms with Gasteiger partial charge in [-0.05, 0) is 38.0 Å². The van der Waals surface area contributed by atoms with Crippen LogP contribution < -0.4 is 5.73 Å². The molecular weight excluding hydrogens is 278 g/mol. The van der Waals surface area contributed by atoms with Crippen LogP contribution in [0.1, 0.15) is 69.0 Å². The van der Waals surface area contributed by atoms with Crippen molar-refractivity contribution in [1.82, 2.24) is 10.1 Å². The molecular formula is C17H27N3O2. The Morgan fingerprint density at radius 2 is 1.95 bits per heavy atom. The summed E-state index contributed by atoms with van der Waals surface area (Å²) in [6, 6.07) is 0. The average molecular weight is 305 g/mol. The molecule has 1 aliphatic heterocycles. The van der Waals surface area contributed by atoms with Gasteiger partial charge in [-0.2, -0.15) is 0 Å². The molecule has 0 radical (unpaired) electrons. The van der Waals surface area contributed by atoms with Gasteiger partial charge in [-0.25, -0.2) is 0 Å². The molecule has 1 aliphatic carbocycles. The smallest absolute Gasteiger partial charge is 0.225 e. The normalized spacial score (nSPS) is 20.7. The van der Waals surface area contributed by atoms with Crippen molar-refractivity contribution in [3.05, 3.63) is 11.3 Å². The molecule has 1 aromatic heterocycles. The van der Waals surface area contributed by atoms with Crippen molar-refractivity contribution < 1.29 is 9.32 Å². The zero-order valence-electron chi connectivity index (χ0n) is 13.5. The third-order valence-electron chi connectivity index (χ3n) is 5.37. The Kier molecular flexibility index (Phi) is 4.69. The molecule has 0 spiro atoms. The molecule has 0 atom stereocenters. The molecule has 3 rings (SSSR count). The standard InChI is InChI=1S/C17H27N3O2/c1-2-14-16(19-22-17(14)18)13-7-9-20(10-8-13)15(21)11-12-5-3-4-6-12/h12-13H,2-11,18H2,1H3. The van der Waals surface area contributed by atoms with E-state index in [0.717, 1.165) is 50.0 Å². The van der Waals surface area contributed by atoms with Gasteiger partial charge < -0.3 is 15.2 Å². The fraction of sp³-hybridized carbons (Fsp3) is 0.765. The van der Waals surface area contributed by atoms with Gasteiger partial charge in [0, 0.05) is 31.0 Å². The van der Waals surface area contributed by atoms with Gasteiger partial charge in [0.25, 0.3) is 0 Å². The topological polar surface area (TPSA) is 72.4 Å². The molecule has 0 aromatic carbocycles. The lowest BCUT2D eigenvalue weighted by Gasteiger charge is -2.32. The molecule has 2 heterocycles. The number of piperidine rings is 1. The van der Waals surface area contributed by atoms with E-state index in [1.54, 1.807) is 0 Å². The van der Waals surface area contributed by atoms with Gasteiger partial charge in [0.05, 0.1) is 5.69 Å². The SMILES string of the molecule is CCc1c(C2CCN(C(=O)CC3CCCC3)CC2)noc1N. The van der Waals surface area contributed by atoms with Crippen LogP contribution in [0.25, 0.3) is 0 Å². The van der Waals surface area contributed by atoms with Crippen LogP contribution in [-0.4, -0.2) is 29.1 Å². The van der Waals surface area contributed by atoms with E-state index >= 15 is 0 Å². The summed E-state index contributed by atoms with van der Waals surface area (Å²) in [5.41, 5.74) is 7.90. The van der Waals surface area contributed by atoms with E-state index in [4.69, 9.17) is 10.3 Å². The van der Waals surface area contributed by atoms with Crippen LogP contribution in [0.15, 0.2) is 4.52 Å². The van der Waals surface area contributed by atoms with Gasteiger partial charge in [0.2, 0.25) is 11.8 Å². The lowest BCUT2D eigenvalue weighted by molar-refractivity contribution is -0.133. The van der Waals surface area contributed by atoms with E-state index in [2.05, 4.69) is 12.1 Å². The number of nitrogen functional groups attached to an aromatic ring is 1. The van der Waals surface area contributed by atoms with Crippen molar-refractivity contribution in [2.75, 3.05) is 18.8 Å². The van der Waals surface area contributed by atoms with Crippen LogP contribution in [-0.2, 0) is 11.2 Å². The average Bonchev–Trinajstić information content (AvgIpc) is 3.16. The van der Waals surface area contributed by atoms with Crippen LogP contribution >= 0.6 is 0 Å². The number of carbonyl (C=O) groups excluding carboxylic acids is 1. The molecule has 1 saturated heterocycles. The van der Waals surface area contributed by atoms with E-state index < -0.39 is 0 Å². The van der Waals surface area contributed by atoms with E-state index in [9.17, 15) is 4.79 Å². The highest BCUT2D eigenvalue weighted by Crippen LogP contribution is 2.33. The predicted molar refractivity (Wildman–Crippen MR) is 85.4 cm³/mol. The van der Waals surface area contributed by atoms with Crippen molar-refractivity contribution in [2.45, 2.75) is 64.2 Å². The second-order valence-electron chi connectivity index (χ2n) is 6.77. The third-order valence-corrected chi connectivity index (χ3v) is 5.37. The predicted octanol–water partition coefficient (Wildman–Crippen LogP) is 3.11. The third kappa shape index (κ3) is 3.13. The minimum absolute atomic E-state index is 0.348. The number of hydrogen-bond donors (Lipinski definition) is 1. The second-order valence-corrected chi connectivity index (χ2v) is 6.77. The summed E-state index contributed by atoms with van der Waals surface area (Å²) >= 11 is 0. The number of nitrogens with two attached hydrogens (primary N) is 1. The molecule has 2 aliphatic rings. The van der Waals surface area contributed by atoms with Gasteiger partial charge in [-0.3, -0.25) is 4.79 Å². The Hall–Kier alpha value is -1.52. The minimum Gasteiger partial charge on any atom is -0.367 e. The first-order valence-electron chi connectivity index (χ1n) is 8.70. The summed E-state index contributed by atoms with van der Waals surface area (Å²) in [6.45, 7) is 3.75. The van der Waals surface area contributed by atoms with E-state index in [-0.39, 0.29) is 0 Å². The van der Waals surface area contributed by atoms with Gasteiger partial charge in [0.1, 0.15) is 0 Å². The molecule has 122 valence electrons. The Morgan fingerprint density at radius 1 is 1.27 bits per heavy atom. The Labute approximate surface area is 132 Å². The van der Waals surface area contributed by atoms with Crippen molar-refractivity contribution in [3.8, 4) is 0 Å². The summed E-state index contributed by atoms with van der Waals surface area (Å²) in [7, 11) is 0. The van der Waals surface area contributed by atoms with E-state index in [1.807, 2.05) is 4.90 Å². The summed E-state index contributed by atoms with van der Waals surface area (Å²) in [5.74, 6) is 1.82. The summed E-state index contributed by atoms with van der Waals surface area (Å²) in [6.07, 6.45) is 8.61. The second kappa shape index (κ2) is 6.71. The van der Waals surface area contributed by atoms with E-state index in [0.29, 0.717) is 23.6 Å². The fourth-order valence-electron chi connectivity index (χ4n) is 4.00. The molecule has 5 heteroatoms. The first kappa shape index (κ1) is 15.4. The van der Waals surface area contributed by atoms with Gasteiger partial charge in [0.15, 0.2) is 0 Å². The maximum absolute atomic E-state index is 12.4. The summed E-state index contributed by atoms with van der Waals surface area (Å²) in [5, 5.41) is 4.16. The monoisotopic (exact) mass is 305 g/mol. The molecule has 0 unspecified atom stereocenters. The maximum atomic E-state index is 12.4. The molecule has 2 N–H and O–H groups in total. The molecule has 0 bridgehead atoms. The number of anilines is 1. The van der Waals surface area contributed by atoms with Crippen molar-refractivity contribution in [3.63, 3.8) is 0 Å². The lowest BCUT2D eigenvalue weighted by Crippen LogP contribution is -2.38. The summed E-state index contributed by atoms with van der Waals surface area (Å²) < 4.78 is 5.15. The highest BCUT2D eigenvalue weighted by Gasteiger charge is 2.29. The van der Waals surface area contributed by atoms with Gasteiger partial charge in [-0.1, -0.05) is 24.9 Å². The number of likely N-dealkylation sites (tertiary alicyclic amines) is 1. The van der Waals surface area contributed by atoms with Crippen molar-refractivity contribution in [1.29, 1.82) is 0 Å². The zero-order valence-corrected chi connectivity index (χ0v) is 13.5. The Morgan fingerprint density at radius 3 is 2.59 bits per heavy atom. The number of hydrogen-bond acceptors (Lipinski definition) is 4. The van der Waals surface area contributed by atoms with E-state index in [1.165, 1.54) is 25.7 Å². The minimum atomic E-state index is 0.348. The van der Waals surface area contributed by atoms with Crippen LogP contribution in [0.2, 0.25) is 0 Å². The number of nitrogens with zero attached hydrogens (tertiary/aromatic N) is 2. The molecule has 22 heavy (non-hydrogen) atoms. The van der Waals surface area contributed by atoms with Crippen LogP contribution in [0.5, 0.6) is 0 Å². The molecule has 2 fully saturated rings. The number of rotatable bonds is 4. The molecule has 1 saturated carbocycles. The molecule has 5 nitrogen and oxygen atoms in total. The maximum Gasteiger partial charge on any atom is 0.225 e. The van der Waals surface area contributed by atoms with Crippen LogP contribution in [0.3, 0.4) is 0 Å². The zero-order chi connectivity index (χ0) is 15.5. The number of amides is 1. The highest BCUT2D eigenvalue weighted by molar-refractivity contribution is 5.76. The first-order chi connectivity index (χ1) is 10.7. The fourth-order valence-corrected chi connectivity index (χ4v) is 4.00. The van der Waals surface area contributed by atoms with Crippen LogP contribution in [0.4, 0.5) is 5.88 Å². The Balaban J connectivity index is 1.54. The van der Waals surface area contributed by atoms with Crippen LogP contribution in [0, 0.1) is 5.92 Å². The Bertz CT molecular complexity index is 512. The molecule has 1 aromatic rings. The highest BCUT2D eigenvalue weighted by atomic mass is 16.5. The van der Waals surface area contributed by atoms with Gasteiger partial charge in [-0.15, -0.1) is 0 Å². The number of carbonyl (C=O) groups is 1. The first-order valence-corrected chi connectivity index (χ1v) is 8.70. The van der Waals surface area contributed by atoms with Crippen molar-refractivity contribution >= 4 is 11.8 Å². The van der Waals surface area contributed by atoms with Crippen molar-refractivity contribution in [2.24, 2.45) is 5.92 Å².